The number of unbranched alkanes of at least 4 members (excludes halogenated alkanes) is 1. The van der Waals surface area contributed by atoms with Crippen LogP contribution in [0.15, 0.2) is 0 Å². The Hall–Kier alpha value is -0.120. The van der Waals surface area contributed by atoms with Gasteiger partial charge in [0.15, 0.2) is 0 Å². The molecule has 3 nitrogen and oxygen atoms in total. The number of rotatable bonds is 12. The predicted octanol–water partition coefficient (Wildman–Crippen LogP) is 2.60. The second kappa shape index (κ2) is 12.9. The summed E-state index contributed by atoms with van der Waals surface area (Å²) in [7, 11) is 0. The summed E-state index contributed by atoms with van der Waals surface area (Å²) in [5.74, 6) is 0. The van der Waals surface area contributed by atoms with E-state index in [1.54, 1.807) is 0 Å². The van der Waals surface area contributed by atoms with Crippen LogP contribution in [0, 0.1) is 0 Å². The van der Waals surface area contributed by atoms with Crippen LogP contribution < -0.4 is 5.32 Å². The number of hydrogen-bond acceptors (Lipinski definition) is 3. The van der Waals surface area contributed by atoms with Gasteiger partial charge in [0, 0.05) is 6.61 Å². The topological polar surface area (TPSA) is 30.5 Å². The Morgan fingerprint density at radius 1 is 1.00 bits per heavy atom. The monoisotopic (exact) mass is 231 g/mol. The molecule has 0 saturated carbocycles. The van der Waals surface area contributed by atoms with Crippen LogP contribution in [0.5, 0.6) is 0 Å². The quantitative estimate of drug-likeness (QED) is 0.524. The first-order valence-corrected chi connectivity index (χ1v) is 6.71. The van der Waals surface area contributed by atoms with E-state index >= 15 is 0 Å². The van der Waals surface area contributed by atoms with Crippen molar-refractivity contribution in [1.82, 2.24) is 5.32 Å². The van der Waals surface area contributed by atoms with Gasteiger partial charge in [-0.05, 0) is 39.3 Å². The largest absolute Gasteiger partial charge is 0.379 e. The molecule has 0 amide bonds. The van der Waals surface area contributed by atoms with Gasteiger partial charge in [0.2, 0.25) is 0 Å². The van der Waals surface area contributed by atoms with Crippen LogP contribution in [0.25, 0.3) is 0 Å². The molecule has 0 spiro atoms. The van der Waals surface area contributed by atoms with Crippen molar-refractivity contribution in [2.75, 3.05) is 32.9 Å². The zero-order valence-electron chi connectivity index (χ0n) is 11.3. The smallest absolute Gasteiger partial charge is 0.0704 e. The van der Waals surface area contributed by atoms with Gasteiger partial charge in [-0.2, -0.15) is 0 Å². The van der Waals surface area contributed by atoms with Crippen LogP contribution in [0.4, 0.5) is 0 Å². The molecule has 0 heterocycles. The van der Waals surface area contributed by atoms with Crippen molar-refractivity contribution in [3.63, 3.8) is 0 Å². The van der Waals surface area contributed by atoms with E-state index < -0.39 is 0 Å². The maximum absolute atomic E-state index is 5.64. The molecule has 0 rings (SSSR count). The molecule has 0 aliphatic heterocycles. The van der Waals surface area contributed by atoms with Crippen LogP contribution in [0.3, 0.4) is 0 Å². The molecule has 1 unspecified atom stereocenters. The van der Waals surface area contributed by atoms with Crippen LogP contribution in [0.2, 0.25) is 0 Å². The molecular formula is C13H29NO2. The Morgan fingerprint density at radius 2 is 1.81 bits per heavy atom. The lowest BCUT2D eigenvalue weighted by atomic mass is 10.3. The SMILES string of the molecule is CCCCOCCOC(C)CCNCCC. The van der Waals surface area contributed by atoms with Crippen molar-refractivity contribution < 1.29 is 9.47 Å². The van der Waals surface area contributed by atoms with E-state index in [4.69, 9.17) is 9.47 Å². The molecule has 0 aliphatic rings. The molecule has 98 valence electrons. The van der Waals surface area contributed by atoms with E-state index in [0.29, 0.717) is 6.10 Å². The van der Waals surface area contributed by atoms with E-state index in [2.05, 4.69) is 26.1 Å². The lowest BCUT2D eigenvalue weighted by molar-refractivity contribution is 0.00891. The summed E-state index contributed by atoms with van der Waals surface area (Å²) < 4.78 is 11.1. The molecule has 3 heteroatoms. The molecule has 0 aromatic carbocycles. The first kappa shape index (κ1) is 15.9. The fourth-order valence-electron chi connectivity index (χ4n) is 1.35. The standard InChI is InChI=1S/C13H29NO2/c1-4-6-10-15-11-12-16-13(3)7-9-14-8-5-2/h13-14H,4-12H2,1-3H3. The van der Waals surface area contributed by atoms with Gasteiger partial charge in [0.1, 0.15) is 0 Å². The summed E-state index contributed by atoms with van der Waals surface area (Å²) in [5.41, 5.74) is 0. The van der Waals surface area contributed by atoms with Gasteiger partial charge in [-0.1, -0.05) is 20.3 Å². The molecule has 0 aliphatic carbocycles. The van der Waals surface area contributed by atoms with Gasteiger partial charge < -0.3 is 14.8 Å². The van der Waals surface area contributed by atoms with E-state index in [-0.39, 0.29) is 0 Å². The Morgan fingerprint density at radius 3 is 2.50 bits per heavy atom. The highest BCUT2D eigenvalue weighted by molar-refractivity contribution is 4.54. The maximum Gasteiger partial charge on any atom is 0.0704 e. The third-order valence-electron chi connectivity index (χ3n) is 2.43. The Balaban J connectivity index is 3.08. The van der Waals surface area contributed by atoms with Gasteiger partial charge in [0.05, 0.1) is 19.3 Å². The minimum absolute atomic E-state index is 0.333. The number of nitrogens with one attached hydrogen (secondary N) is 1. The lowest BCUT2D eigenvalue weighted by Gasteiger charge is -2.13. The van der Waals surface area contributed by atoms with Crippen LogP contribution in [0.1, 0.15) is 46.5 Å². The number of ether oxygens (including phenoxy) is 2. The van der Waals surface area contributed by atoms with Crippen molar-refractivity contribution in [1.29, 1.82) is 0 Å². The van der Waals surface area contributed by atoms with Crippen molar-refractivity contribution in [3.8, 4) is 0 Å². The third-order valence-corrected chi connectivity index (χ3v) is 2.43. The van der Waals surface area contributed by atoms with Crippen molar-refractivity contribution >= 4 is 0 Å². The summed E-state index contributed by atoms with van der Waals surface area (Å²) in [6.07, 6.45) is 4.95. The van der Waals surface area contributed by atoms with Gasteiger partial charge in [-0.15, -0.1) is 0 Å². The van der Waals surface area contributed by atoms with Gasteiger partial charge in [-0.25, -0.2) is 0 Å². The second-order valence-corrected chi connectivity index (χ2v) is 4.19. The van der Waals surface area contributed by atoms with E-state index in [1.165, 1.54) is 12.8 Å². The Kier molecular flexibility index (Phi) is 12.9. The first-order chi connectivity index (χ1) is 7.81. The Bertz CT molecular complexity index is 131. The van der Waals surface area contributed by atoms with Crippen LogP contribution >= 0.6 is 0 Å². The highest BCUT2D eigenvalue weighted by atomic mass is 16.5. The summed E-state index contributed by atoms with van der Waals surface area (Å²) >= 11 is 0. The zero-order chi connectivity index (χ0) is 12.1. The summed E-state index contributed by atoms with van der Waals surface area (Å²) in [4.78, 5) is 0. The van der Waals surface area contributed by atoms with Crippen molar-refractivity contribution in [3.05, 3.63) is 0 Å². The molecule has 1 atom stereocenters. The average Bonchev–Trinajstić information content (AvgIpc) is 2.29. The molecule has 0 aromatic heterocycles. The Labute approximate surface area is 101 Å². The molecule has 1 N–H and O–H groups in total. The molecule has 0 bridgehead atoms. The highest BCUT2D eigenvalue weighted by Gasteiger charge is 2.00. The summed E-state index contributed by atoms with van der Waals surface area (Å²) in [5, 5.41) is 3.37. The summed E-state index contributed by atoms with van der Waals surface area (Å²) in [6.45, 7) is 10.9. The van der Waals surface area contributed by atoms with Crippen molar-refractivity contribution in [2.24, 2.45) is 0 Å². The second-order valence-electron chi connectivity index (χ2n) is 4.19. The van der Waals surface area contributed by atoms with Gasteiger partial charge in [-0.3, -0.25) is 0 Å². The molecule has 0 fully saturated rings. The molecule has 0 radical (unpaired) electrons. The third kappa shape index (κ3) is 12.0. The molecule has 16 heavy (non-hydrogen) atoms. The zero-order valence-corrected chi connectivity index (χ0v) is 11.3. The minimum Gasteiger partial charge on any atom is -0.379 e. The van der Waals surface area contributed by atoms with E-state index in [9.17, 15) is 0 Å². The van der Waals surface area contributed by atoms with Crippen LogP contribution in [-0.2, 0) is 9.47 Å². The van der Waals surface area contributed by atoms with Crippen LogP contribution in [-0.4, -0.2) is 39.0 Å². The predicted molar refractivity (Wildman–Crippen MR) is 68.9 cm³/mol. The fourth-order valence-corrected chi connectivity index (χ4v) is 1.35. The average molecular weight is 231 g/mol. The van der Waals surface area contributed by atoms with E-state index in [0.717, 1.165) is 45.8 Å². The normalized spacial score (nSPS) is 12.9. The van der Waals surface area contributed by atoms with Gasteiger partial charge >= 0.3 is 0 Å². The van der Waals surface area contributed by atoms with Gasteiger partial charge in [0.25, 0.3) is 0 Å². The fraction of sp³-hybridized carbons (Fsp3) is 1.00. The molecular weight excluding hydrogens is 202 g/mol. The first-order valence-electron chi connectivity index (χ1n) is 6.71. The highest BCUT2D eigenvalue weighted by Crippen LogP contribution is 1.96. The van der Waals surface area contributed by atoms with E-state index in [1.807, 2.05) is 0 Å². The minimum atomic E-state index is 0.333. The number of hydrogen-bond donors (Lipinski definition) is 1. The lowest BCUT2D eigenvalue weighted by Crippen LogP contribution is -2.22. The molecule has 0 saturated heterocycles. The maximum atomic E-state index is 5.64. The molecule has 0 aromatic rings. The summed E-state index contributed by atoms with van der Waals surface area (Å²) in [6, 6.07) is 0. The van der Waals surface area contributed by atoms with Crippen molar-refractivity contribution in [2.45, 2.75) is 52.6 Å².